The van der Waals surface area contributed by atoms with Gasteiger partial charge in [-0.05, 0) is 51.4 Å². The molecule has 0 aliphatic carbocycles. The van der Waals surface area contributed by atoms with Crippen LogP contribution in [0, 0.1) is 0 Å². The molecule has 2 atom stereocenters. The van der Waals surface area contributed by atoms with Crippen LogP contribution in [0.3, 0.4) is 0 Å². The first kappa shape index (κ1) is 80.6. The Morgan fingerprint density at radius 1 is 0.329 bits per heavy atom. The number of aliphatic hydroxyl groups is 2. The van der Waals surface area contributed by atoms with Gasteiger partial charge in [-0.15, -0.1) is 0 Å². The van der Waals surface area contributed by atoms with Crippen LogP contribution in [0.5, 0.6) is 0 Å². The Balaban J connectivity index is 3.36. The van der Waals surface area contributed by atoms with Crippen molar-refractivity contribution in [3.05, 3.63) is 12.2 Å². The van der Waals surface area contributed by atoms with E-state index in [9.17, 15) is 19.8 Å². The Kier molecular flexibility index (Phi) is 70.8. The van der Waals surface area contributed by atoms with Crippen LogP contribution in [0.25, 0.3) is 0 Å². The molecule has 0 aliphatic heterocycles. The van der Waals surface area contributed by atoms with Gasteiger partial charge >= 0.3 is 5.97 Å². The number of carbonyl (C=O) groups excluding carboxylic acids is 2. The minimum absolute atomic E-state index is 0.0189. The summed E-state index contributed by atoms with van der Waals surface area (Å²) in [4.78, 5) is 24.6. The van der Waals surface area contributed by atoms with Crippen molar-refractivity contribution in [2.45, 2.75) is 450 Å². The average molecular weight is 1160 g/mol. The lowest BCUT2D eigenvalue weighted by Gasteiger charge is -2.22. The zero-order valence-electron chi connectivity index (χ0n) is 56.0. The molecule has 1 amide bonds. The second-order valence-corrected chi connectivity index (χ2v) is 26.3. The first-order chi connectivity index (χ1) is 40.5. The van der Waals surface area contributed by atoms with E-state index in [4.69, 9.17) is 4.74 Å². The number of nitrogens with one attached hydrogen (secondary N) is 1. The van der Waals surface area contributed by atoms with Crippen LogP contribution in [0.1, 0.15) is 438 Å². The third kappa shape index (κ3) is 67.7. The summed E-state index contributed by atoms with van der Waals surface area (Å²) in [5.74, 6) is -0.00878. The molecule has 0 heterocycles. The van der Waals surface area contributed by atoms with Gasteiger partial charge in [-0.3, -0.25) is 9.59 Å². The Labute approximate surface area is 514 Å². The van der Waals surface area contributed by atoms with Gasteiger partial charge in [0.15, 0.2) is 0 Å². The molecule has 2 unspecified atom stereocenters. The zero-order chi connectivity index (χ0) is 59.2. The summed E-state index contributed by atoms with van der Waals surface area (Å²) >= 11 is 0. The topological polar surface area (TPSA) is 95.9 Å². The van der Waals surface area contributed by atoms with Crippen molar-refractivity contribution in [2.24, 2.45) is 0 Å². The molecule has 0 saturated heterocycles. The van der Waals surface area contributed by atoms with Crippen LogP contribution < -0.4 is 5.32 Å². The normalized spacial score (nSPS) is 12.5. The van der Waals surface area contributed by atoms with Crippen LogP contribution in [-0.4, -0.2) is 47.4 Å². The molecule has 6 heteroatoms. The van der Waals surface area contributed by atoms with Crippen LogP contribution in [0.15, 0.2) is 12.2 Å². The third-order valence-corrected chi connectivity index (χ3v) is 18.1. The highest BCUT2D eigenvalue weighted by Gasteiger charge is 2.20. The number of aliphatic hydroxyl groups excluding tert-OH is 2. The zero-order valence-corrected chi connectivity index (χ0v) is 56.0. The summed E-state index contributed by atoms with van der Waals surface area (Å²) in [7, 11) is 0. The number of rotatable bonds is 72. The average Bonchev–Trinajstić information content (AvgIpc) is 3.48. The van der Waals surface area contributed by atoms with Crippen molar-refractivity contribution in [2.75, 3.05) is 13.2 Å². The number of unbranched alkanes of at least 4 members (excludes halogenated alkanes) is 59. The first-order valence-corrected chi connectivity index (χ1v) is 37.9. The molecule has 0 rings (SSSR count). The molecule has 82 heavy (non-hydrogen) atoms. The molecule has 0 aliphatic rings. The van der Waals surface area contributed by atoms with Crippen molar-refractivity contribution in [3.63, 3.8) is 0 Å². The van der Waals surface area contributed by atoms with E-state index in [1.54, 1.807) is 0 Å². The Bertz CT molecular complexity index is 1240. The van der Waals surface area contributed by atoms with E-state index in [1.807, 2.05) is 0 Å². The highest BCUT2D eigenvalue weighted by molar-refractivity contribution is 5.76. The largest absolute Gasteiger partial charge is 0.466 e. The number of allylic oxidation sites excluding steroid dienone is 2. The van der Waals surface area contributed by atoms with E-state index in [2.05, 4.69) is 31.3 Å². The number of amides is 1. The summed E-state index contributed by atoms with van der Waals surface area (Å²) < 4.78 is 5.48. The van der Waals surface area contributed by atoms with E-state index in [1.165, 1.54) is 366 Å². The van der Waals surface area contributed by atoms with Crippen molar-refractivity contribution in [1.82, 2.24) is 5.32 Å². The fourth-order valence-electron chi connectivity index (χ4n) is 12.3. The van der Waals surface area contributed by atoms with Gasteiger partial charge in [0, 0.05) is 12.8 Å². The van der Waals surface area contributed by atoms with Crippen molar-refractivity contribution < 1.29 is 24.5 Å². The number of carbonyl (C=O) groups is 2. The van der Waals surface area contributed by atoms with Gasteiger partial charge in [-0.2, -0.15) is 0 Å². The smallest absolute Gasteiger partial charge is 0.305 e. The highest BCUT2D eigenvalue weighted by Crippen LogP contribution is 2.20. The second-order valence-electron chi connectivity index (χ2n) is 26.3. The lowest BCUT2D eigenvalue weighted by Crippen LogP contribution is -2.45. The minimum atomic E-state index is -0.664. The maximum Gasteiger partial charge on any atom is 0.305 e. The molecule has 0 saturated carbocycles. The van der Waals surface area contributed by atoms with Gasteiger partial charge in [-0.1, -0.05) is 386 Å². The maximum absolute atomic E-state index is 12.6. The quantitative estimate of drug-likeness (QED) is 0.0320. The molecule has 0 fully saturated rings. The molecule has 6 nitrogen and oxygen atoms in total. The van der Waals surface area contributed by atoms with Gasteiger partial charge in [0.05, 0.1) is 25.4 Å². The molecular formula is C76H149NO5. The van der Waals surface area contributed by atoms with Crippen LogP contribution in [-0.2, 0) is 14.3 Å². The van der Waals surface area contributed by atoms with Crippen molar-refractivity contribution in [1.29, 1.82) is 0 Å². The standard InChI is InChI=1S/C76H149NO5/c1-3-5-7-9-11-13-15-17-18-19-20-21-30-33-36-39-42-45-48-52-56-60-64-68-74(79)73(72-78)77-75(80)69-65-61-57-53-49-46-43-40-37-34-31-28-26-24-22-23-25-27-29-32-35-38-41-44-47-51-55-59-63-67-71-82-76(81)70-66-62-58-54-50-16-14-12-10-8-6-4-2/h23,25,73-74,78-79H,3-22,24,26-72H2,1-2H3,(H,77,80)/b25-23-. The lowest BCUT2D eigenvalue weighted by molar-refractivity contribution is -0.143. The van der Waals surface area contributed by atoms with Gasteiger partial charge in [0.25, 0.3) is 0 Å². The predicted octanol–water partition coefficient (Wildman–Crippen LogP) is 24.7. The Hall–Kier alpha value is -1.40. The van der Waals surface area contributed by atoms with E-state index >= 15 is 0 Å². The fraction of sp³-hybridized carbons (Fsp3) is 0.947. The van der Waals surface area contributed by atoms with E-state index in [0.717, 1.165) is 38.5 Å². The third-order valence-electron chi connectivity index (χ3n) is 18.1. The summed E-state index contributed by atoms with van der Waals surface area (Å²) in [6.07, 6.45) is 90.0. The summed E-state index contributed by atoms with van der Waals surface area (Å²) in [6, 6.07) is -0.541. The summed E-state index contributed by atoms with van der Waals surface area (Å²) in [5.41, 5.74) is 0. The molecule has 0 spiro atoms. The molecule has 0 bridgehead atoms. The Morgan fingerprint density at radius 2 is 0.573 bits per heavy atom. The van der Waals surface area contributed by atoms with Crippen molar-refractivity contribution in [3.8, 4) is 0 Å². The molecule has 488 valence electrons. The number of ether oxygens (including phenoxy) is 1. The van der Waals surface area contributed by atoms with Gasteiger partial charge < -0.3 is 20.3 Å². The predicted molar refractivity (Wildman–Crippen MR) is 361 cm³/mol. The molecule has 0 radical (unpaired) electrons. The van der Waals surface area contributed by atoms with Gasteiger partial charge in [0.1, 0.15) is 0 Å². The molecule has 3 N–H and O–H groups in total. The van der Waals surface area contributed by atoms with Crippen LogP contribution >= 0.6 is 0 Å². The lowest BCUT2D eigenvalue weighted by atomic mass is 10.0. The minimum Gasteiger partial charge on any atom is -0.466 e. The highest BCUT2D eigenvalue weighted by atomic mass is 16.5. The maximum atomic E-state index is 12.6. The summed E-state index contributed by atoms with van der Waals surface area (Å²) in [6.45, 7) is 5.00. The molecule has 0 aromatic rings. The second kappa shape index (κ2) is 72.1. The number of esters is 1. The molecule has 0 aromatic carbocycles. The fourth-order valence-corrected chi connectivity index (χ4v) is 12.3. The molecule has 0 aromatic heterocycles. The van der Waals surface area contributed by atoms with E-state index < -0.39 is 12.1 Å². The van der Waals surface area contributed by atoms with Gasteiger partial charge in [-0.25, -0.2) is 0 Å². The van der Waals surface area contributed by atoms with E-state index in [0.29, 0.717) is 25.9 Å². The van der Waals surface area contributed by atoms with Crippen LogP contribution in [0.2, 0.25) is 0 Å². The number of hydrogen-bond acceptors (Lipinski definition) is 5. The van der Waals surface area contributed by atoms with Crippen molar-refractivity contribution >= 4 is 11.9 Å². The first-order valence-electron chi connectivity index (χ1n) is 37.9. The van der Waals surface area contributed by atoms with E-state index in [-0.39, 0.29) is 18.5 Å². The molecular weight excluding hydrogens is 1010 g/mol. The van der Waals surface area contributed by atoms with Crippen LogP contribution in [0.4, 0.5) is 0 Å². The SMILES string of the molecule is CCCCCCCCCCCCCCCCCCCCCCCCCC(O)C(CO)NC(=O)CCCCCCCCCCCCCCCC/C=C\CCCCCCCCCCCCCCOC(=O)CCCCCCCCCCCCCC. The monoisotopic (exact) mass is 1160 g/mol. The Morgan fingerprint density at radius 3 is 0.866 bits per heavy atom. The summed E-state index contributed by atoms with van der Waals surface area (Å²) in [5, 5.41) is 23.5. The van der Waals surface area contributed by atoms with Gasteiger partial charge in [0.2, 0.25) is 5.91 Å². The number of hydrogen-bond donors (Lipinski definition) is 3.